The Kier molecular flexibility index (Phi) is 7.60. The van der Waals surface area contributed by atoms with Crippen molar-refractivity contribution in [1.82, 2.24) is 9.80 Å². The first-order valence-electron chi connectivity index (χ1n) is 4.90. The first-order chi connectivity index (χ1) is 7.11. The van der Waals surface area contributed by atoms with Gasteiger partial charge in [0.1, 0.15) is 0 Å². The van der Waals surface area contributed by atoms with Gasteiger partial charge in [0.25, 0.3) is 0 Å². The lowest BCUT2D eigenvalue weighted by molar-refractivity contribution is -0.130. The summed E-state index contributed by atoms with van der Waals surface area (Å²) in [5.41, 5.74) is 0. The summed E-state index contributed by atoms with van der Waals surface area (Å²) in [5, 5.41) is 8.38. The van der Waals surface area contributed by atoms with Crippen molar-refractivity contribution in [1.29, 1.82) is 5.26 Å². The number of amides is 1. The Morgan fingerprint density at radius 2 is 2.07 bits per heavy atom. The number of carbonyl (C=O) groups is 1. The molecule has 0 aromatic heterocycles. The zero-order chi connectivity index (χ0) is 11.7. The van der Waals surface area contributed by atoms with Gasteiger partial charge in [0.05, 0.1) is 25.6 Å². The molecule has 1 amide bonds. The predicted molar refractivity (Wildman–Crippen MR) is 57.2 cm³/mol. The molecule has 0 radical (unpaired) electrons. The molecule has 0 atom stereocenters. The molecule has 0 aliphatic carbocycles. The number of nitrogens with zero attached hydrogens (tertiary/aromatic N) is 3. The van der Waals surface area contributed by atoms with E-state index in [-0.39, 0.29) is 5.91 Å². The molecule has 0 N–H and O–H groups in total. The van der Waals surface area contributed by atoms with Crippen molar-refractivity contribution in [2.24, 2.45) is 0 Å². The third-order valence-electron chi connectivity index (χ3n) is 2.07. The smallest absolute Gasteiger partial charge is 0.236 e. The van der Waals surface area contributed by atoms with Gasteiger partial charge in [-0.05, 0) is 7.05 Å². The third kappa shape index (κ3) is 6.89. The zero-order valence-corrected chi connectivity index (χ0v) is 9.69. The molecule has 0 saturated heterocycles. The van der Waals surface area contributed by atoms with E-state index in [0.717, 1.165) is 6.54 Å². The van der Waals surface area contributed by atoms with Crippen LogP contribution in [0.2, 0.25) is 0 Å². The maximum atomic E-state index is 11.6. The van der Waals surface area contributed by atoms with Gasteiger partial charge in [-0.3, -0.25) is 9.69 Å². The molecule has 86 valence electrons. The summed E-state index contributed by atoms with van der Waals surface area (Å²) in [6, 6.07) is 2.01. The average molecular weight is 213 g/mol. The molecule has 0 aliphatic heterocycles. The maximum Gasteiger partial charge on any atom is 0.236 e. The number of hydrogen-bond acceptors (Lipinski definition) is 4. The molecule has 0 saturated carbocycles. The first kappa shape index (κ1) is 13.9. The van der Waals surface area contributed by atoms with Gasteiger partial charge in [0.15, 0.2) is 0 Å². The highest BCUT2D eigenvalue weighted by Gasteiger charge is 2.10. The second-order valence-electron chi connectivity index (χ2n) is 3.45. The molecular formula is C10H19N3O2. The molecule has 0 bridgehead atoms. The number of rotatable bonds is 7. The summed E-state index contributed by atoms with van der Waals surface area (Å²) in [5.74, 6) is 0.0313. The lowest BCUT2D eigenvalue weighted by Gasteiger charge is -2.20. The van der Waals surface area contributed by atoms with E-state index in [0.29, 0.717) is 26.1 Å². The van der Waals surface area contributed by atoms with Crippen LogP contribution in [-0.4, -0.2) is 63.2 Å². The number of methoxy groups -OCH3 is 1. The molecular weight excluding hydrogens is 194 g/mol. The highest BCUT2D eigenvalue weighted by Crippen LogP contribution is 1.91. The molecule has 0 unspecified atom stereocenters. The lowest BCUT2D eigenvalue weighted by atomic mass is 10.4. The van der Waals surface area contributed by atoms with E-state index in [1.165, 1.54) is 0 Å². The third-order valence-corrected chi connectivity index (χ3v) is 2.07. The number of ether oxygens (including phenoxy) is 1. The second-order valence-corrected chi connectivity index (χ2v) is 3.45. The minimum absolute atomic E-state index is 0.0313. The van der Waals surface area contributed by atoms with Gasteiger partial charge in [0.2, 0.25) is 5.91 Å². The normalized spacial score (nSPS) is 10.1. The summed E-state index contributed by atoms with van der Waals surface area (Å²) < 4.78 is 4.91. The fourth-order valence-electron chi connectivity index (χ4n) is 1.02. The molecule has 0 aliphatic rings. The molecule has 0 aromatic carbocycles. The van der Waals surface area contributed by atoms with Gasteiger partial charge in [0, 0.05) is 27.2 Å². The standard InChI is InChI=1S/C10H19N3O2/c1-12(7-8-15-3)9-10(14)13(2)6-4-5-11/h4,6-9H2,1-3H3. The number of likely N-dealkylation sites (N-methyl/N-ethyl adjacent to an activating group) is 2. The maximum absolute atomic E-state index is 11.6. The molecule has 15 heavy (non-hydrogen) atoms. The Labute approximate surface area is 91.2 Å². The second kappa shape index (κ2) is 8.21. The fraction of sp³-hybridized carbons (Fsp3) is 0.800. The summed E-state index contributed by atoms with van der Waals surface area (Å²) in [6.45, 7) is 2.21. The number of carbonyl (C=O) groups excluding carboxylic acids is 1. The molecule has 5 nitrogen and oxygen atoms in total. The highest BCUT2D eigenvalue weighted by molar-refractivity contribution is 5.77. The van der Waals surface area contributed by atoms with E-state index >= 15 is 0 Å². The van der Waals surface area contributed by atoms with E-state index in [1.807, 2.05) is 18.0 Å². The first-order valence-corrected chi connectivity index (χ1v) is 4.90. The van der Waals surface area contributed by atoms with E-state index in [1.54, 1.807) is 19.1 Å². The van der Waals surface area contributed by atoms with Crippen LogP contribution in [0, 0.1) is 11.3 Å². The Morgan fingerprint density at radius 1 is 1.40 bits per heavy atom. The predicted octanol–water partition coefficient (Wildman–Crippen LogP) is -0.0633. The van der Waals surface area contributed by atoms with Gasteiger partial charge in [-0.25, -0.2) is 0 Å². The Balaban J connectivity index is 3.76. The van der Waals surface area contributed by atoms with E-state index in [2.05, 4.69) is 0 Å². The van der Waals surface area contributed by atoms with Crippen molar-refractivity contribution in [3.63, 3.8) is 0 Å². The monoisotopic (exact) mass is 213 g/mol. The zero-order valence-electron chi connectivity index (χ0n) is 9.69. The largest absolute Gasteiger partial charge is 0.383 e. The van der Waals surface area contributed by atoms with Crippen LogP contribution in [-0.2, 0) is 9.53 Å². The number of nitriles is 1. The van der Waals surface area contributed by atoms with Crippen LogP contribution < -0.4 is 0 Å². The SMILES string of the molecule is COCCN(C)CC(=O)N(C)CCC#N. The summed E-state index contributed by atoms with van der Waals surface area (Å²) >= 11 is 0. The Hall–Kier alpha value is -1.12. The van der Waals surface area contributed by atoms with Crippen LogP contribution in [0.25, 0.3) is 0 Å². The quantitative estimate of drug-likeness (QED) is 0.594. The van der Waals surface area contributed by atoms with Crippen molar-refractivity contribution in [3.8, 4) is 6.07 Å². The van der Waals surface area contributed by atoms with Gasteiger partial charge in [-0.15, -0.1) is 0 Å². The molecule has 0 aromatic rings. The van der Waals surface area contributed by atoms with Crippen LogP contribution >= 0.6 is 0 Å². The summed E-state index contributed by atoms with van der Waals surface area (Å²) in [4.78, 5) is 15.0. The van der Waals surface area contributed by atoms with E-state index in [4.69, 9.17) is 10.00 Å². The van der Waals surface area contributed by atoms with Crippen LogP contribution in [0.15, 0.2) is 0 Å². The van der Waals surface area contributed by atoms with Crippen LogP contribution in [0.5, 0.6) is 0 Å². The van der Waals surface area contributed by atoms with Crippen LogP contribution in [0.4, 0.5) is 0 Å². The molecule has 0 heterocycles. The van der Waals surface area contributed by atoms with Crippen molar-refractivity contribution >= 4 is 5.91 Å². The van der Waals surface area contributed by atoms with Gasteiger partial charge in [-0.1, -0.05) is 0 Å². The van der Waals surface area contributed by atoms with Crippen molar-refractivity contribution in [2.75, 3.05) is 47.4 Å². The lowest BCUT2D eigenvalue weighted by Crippen LogP contribution is -2.38. The van der Waals surface area contributed by atoms with Crippen molar-refractivity contribution in [2.45, 2.75) is 6.42 Å². The minimum Gasteiger partial charge on any atom is -0.383 e. The topological polar surface area (TPSA) is 56.6 Å². The number of hydrogen-bond donors (Lipinski definition) is 0. The van der Waals surface area contributed by atoms with Crippen LogP contribution in [0.3, 0.4) is 0 Å². The molecule has 0 spiro atoms. The summed E-state index contributed by atoms with van der Waals surface area (Å²) in [6.07, 6.45) is 0.379. The van der Waals surface area contributed by atoms with E-state index < -0.39 is 0 Å². The van der Waals surface area contributed by atoms with Gasteiger partial charge >= 0.3 is 0 Å². The Bertz CT molecular complexity index is 225. The van der Waals surface area contributed by atoms with Crippen molar-refractivity contribution < 1.29 is 9.53 Å². The summed E-state index contributed by atoms with van der Waals surface area (Å²) in [7, 11) is 5.22. The average Bonchev–Trinajstić information content (AvgIpc) is 2.22. The van der Waals surface area contributed by atoms with Gasteiger partial charge in [-0.2, -0.15) is 5.26 Å². The fourth-order valence-corrected chi connectivity index (χ4v) is 1.02. The van der Waals surface area contributed by atoms with E-state index in [9.17, 15) is 4.79 Å². The Morgan fingerprint density at radius 3 is 2.60 bits per heavy atom. The molecule has 0 fully saturated rings. The van der Waals surface area contributed by atoms with Gasteiger partial charge < -0.3 is 9.64 Å². The van der Waals surface area contributed by atoms with Crippen LogP contribution in [0.1, 0.15) is 6.42 Å². The minimum atomic E-state index is 0.0313. The highest BCUT2D eigenvalue weighted by atomic mass is 16.5. The molecule has 0 rings (SSSR count). The van der Waals surface area contributed by atoms with Crippen molar-refractivity contribution in [3.05, 3.63) is 0 Å². The molecule has 5 heteroatoms.